The molecule has 2 N–H and O–H groups in total. The van der Waals surface area contributed by atoms with Crippen molar-refractivity contribution in [2.24, 2.45) is 5.92 Å². The van der Waals surface area contributed by atoms with E-state index in [2.05, 4.69) is 28.8 Å². The Kier molecular flexibility index (Phi) is 6.88. The van der Waals surface area contributed by atoms with Crippen LogP contribution in [0.5, 0.6) is 5.75 Å². The van der Waals surface area contributed by atoms with Crippen LogP contribution in [0.2, 0.25) is 0 Å². The molecule has 1 aliphatic rings. The predicted molar refractivity (Wildman–Crippen MR) is 99.8 cm³/mol. The van der Waals surface area contributed by atoms with Crippen molar-refractivity contribution in [3.63, 3.8) is 0 Å². The van der Waals surface area contributed by atoms with Crippen LogP contribution in [0.15, 0.2) is 36.4 Å². The van der Waals surface area contributed by atoms with Crippen molar-refractivity contribution in [2.75, 3.05) is 20.2 Å². The van der Waals surface area contributed by atoms with E-state index in [-0.39, 0.29) is 18.3 Å². The maximum atomic E-state index is 12.0. The third-order valence-electron chi connectivity index (χ3n) is 4.54. The van der Waals surface area contributed by atoms with E-state index >= 15 is 0 Å². The number of amides is 1. The summed E-state index contributed by atoms with van der Waals surface area (Å²) in [4.78, 5) is 12.0. The molecule has 1 amide bonds. The van der Waals surface area contributed by atoms with Gasteiger partial charge in [-0.25, -0.2) is 0 Å². The molecule has 1 fully saturated rings. The second kappa shape index (κ2) is 8.90. The molecule has 1 aliphatic heterocycles. The van der Waals surface area contributed by atoms with Crippen molar-refractivity contribution >= 4 is 29.1 Å². The van der Waals surface area contributed by atoms with Gasteiger partial charge in [0.25, 0.3) is 0 Å². The Hall–Kier alpha value is -1.78. The molecular weight excluding hydrogens is 324 g/mol. The van der Waals surface area contributed by atoms with Gasteiger partial charge in [0.05, 0.1) is 7.11 Å². The number of hydrogen-bond acceptors (Lipinski definition) is 3. The Morgan fingerprint density at radius 2 is 2.04 bits per heavy atom. The van der Waals surface area contributed by atoms with Crippen LogP contribution in [0.25, 0.3) is 10.8 Å². The molecule has 2 aromatic carbocycles. The lowest BCUT2D eigenvalue weighted by atomic mass is 10.0. The summed E-state index contributed by atoms with van der Waals surface area (Å²) in [5.41, 5.74) is 1.12. The first-order chi connectivity index (χ1) is 11.2. The first-order valence-electron chi connectivity index (χ1n) is 8.29. The van der Waals surface area contributed by atoms with Gasteiger partial charge in [-0.05, 0) is 66.4 Å². The summed E-state index contributed by atoms with van der Waals surface area (Å²) in [7, 11) is 1.67. The Balaban J connectivity index is 0.00000208. The molecule has 3 rings (SSSR count). The van der Waals surface area contributed by atoms with Gasteiger partial charge in [-0.15, -0.1) is 12.4 Å². The van der Waals surface area contributed by atoms with Crippen molar-refractivity contribution in [1.29, 1.82) is 0 Å². The number of ether oxygens (including phenoxy) is 1. The molecule has 0 radical (unpaired) electrons. The summed E-state index contributed by atoms with van der Waals surface area (Å²) in [6, 6.07) is 12.3. The molecule has 2 aromatic rings. The number of carbonyl (C=O) groups excluding carboxylic acids is 1. The summed E-state index contributed by atoms with van der Waals surface area (Å²) in [6.07, 6.45) is 2.80. The minimum Gasteiger partial charge on any atom is -0.497 e. The van der Waals surface area contributed by atoms with Crippen LogP contribution in [0.3, 0.4) is 0 Å². The van der Waals surface area contributed by atoms with E-state index in [0.717, 1.165) is 41.6 Å². The average Bonchev–Trinajstić information content (AvgIpc) is 3.11. The molecular formula is C19H25ClN2O2. The lowest BCUT2D eigenvalue weighted by Gasteiger charge is -2.09. The highest BCUT2D eigenvalue weighted by molar-refractivity contribution is 5.85. The number of methoxy groups -OCH3 is 1. The van der Waals surface area contributed by atoms with Crippen LogP contribution >= 0.6 is 12.4 Å². The summed E-state index contributed by atoms with van der Waals surface area (Å²) in [5, 5.41) is 8.67. The van der Waals surface area contributed by atoms with Crippen LogP contribution in [0, 0.1) is 5.92 Å². The number of benzene rings is 2. The third-order valence-corrected chi connectivity index (χ3v) is 4.54. The van der Waals surface area contributed by atoms with Gasteiger partial charge in [-0.1, -0.05) is 18.2 Å². The summed E-state index contributed by atoms with van der Waals surface area (Å²) < 4.78 is 5.24. The number of halogens is 1. The number of hydrogen-bond donors (Lipinski definition) is 2. The van der Waals surface area contributed by atoms with E-state index in [0.29, 0.717) is 18.9 Å². The van der Waals surface area contributed by atoms with Crippen LogP contribution in [-0.2, 0) is 11.3 Å². The number of nitrogens with one attached hydrogen (secondary N) is 2. The van der Waals surface area contributed by atoms with Gasteiger partial charge in [-0.3, -0.25) is 4.79 Å². The predicted octanol–water partition coefficient (Wildman–Crippen LogP) is 3.28. The largest absolute Gasteiger partial charge is 0.497 e. The second-order valence-electron chi connectivity index (χ2n) is 6.22. The van der Waals surface area contributed by atoms with Crippen molar-refractivity contribution in [3.05, 3.63) is 42.0 Å². The van der Waals surface area contributed by atoms with Crippen LogP contribution in [0.1, 0.15) is 24.8 Å². The van der Waals surface area contributed by atoms with Crippen LogP contribution in [0.4, 0.5) is 0 Å². The van der Waals surface area contributed by atoms with Crippen molar-refractivity contribution < 1.29 is 9.53 Å². The summed E-state index contributed by atoms with van der Waals surface area (Å²) >= 11 is 0. The smallest absolute Gasteiger partial charge is 0.220 e. The quantitative estimate of drug-likeness (QED) is 0.842. The van der Waals surface area contributed by atoms with E-state index in [1.807, 2.05) is 18.2 Å². The molecule has 130 valence electrons. The SMILES string of the molecule is COc1ccc2cc(CNC(=O)CCC3CCNC3)ccc2c1.Cl. The topological polar surface area (TPSA) is 50.4 Å². The van der Waals surface area contributed by atoms with E-state index in [9.17, 15) is 4.79 Å². The Morgan fingerprint density at radius 3 is 2.79 bits per heavy atom. The van der Waals surface area contributed by atoms with Gasteiger partial charge in [0, 0.05) is 13.0 Å². The standard InChI is InChI=1S/C19H24N2O2.ClH/c1-23-18-6-5-16-10-15(2-4-17(16)11-18)13-21-19(22)7-3-14-8-9-20-12-14;/h2,4-6,10-11,14,20H,3,7-9,12-13H2,1H3,(H,21,22);1H. The van der Waals surface area contributed by atoms with Crippen LogP contribution in [-0.4, -0.2) is 26.1 Å². The molecule has 1 unspecified atom stereocenters. The molecule has 1 saturated heterocycles. The first-order valence-corrected chi connectivity index (χ1v) is 8.29. The van der Waals surface area contributed by atoms with Crippen molar-refractivity contribution in [1.82, 2.24) is 10.6 Å². The molecule has 0 bridgehead atoms. The third kappa shape index (κ3) is 4.86. The molecule has 0 aromatic heterocycles. The molecule has 1 atom stereocenters. The van der Waals surface area contributed by atoms with E-state index in [1.54, 1.807) is 7.11 Å². The molecule has 1 heterocycles. The van der Waals surface area contributed by atoms with E-state index in [4.69, 9.17) is 4.74 Å². The molecule has 0 spiro atoms. The Labute approximate surface area is 149 Å². The molecule has 0 saturated carbocycles. The molecule has 4 nitrogen and oxygen atoms in total. The fraction of sp³-hybridized carbons (Fsp3) is 0.421. The van der Waals surface area contributed by atoms with E-state index in [1.165, 1.54) is 6.42 Å². The Bertz CT molecular complexity index is 684. The number of fused-ring (bicyclic) bond motifs is 1. The zero-order valence-electron chi connectivity index (χ0n) is 14.0. The molecule has 5 heteroatoms. The van der Waals surface area contributed by atoms with Gasteiger partial charge in [0.15, 0.2) is 0 Å². The summed E-state index contributed by atoms with van der Waals surface area (Å²) in [6.45, 7) is 2.74. The highest BCUT2D eigenvalue weighted by Crippen LogP contribution is 2.22. The average molecular weight is 349 g/mol. The Morgan fingerprint density at radius 1 is 1.25 bits per heavy atom. The van der Waals surface area contributed by atoms with Crippen molar-refractivity contribution in [2.45, 2.75) is 25.8 Å². The monoisotopic (exact) mass is 348 g/mol. The number of rotatable bonds is 6. The number of carbonyl (C=O) groups is 1. The van der Waals surface area contributed by atoms with Gasteiger partial charge in [-0.2, -0.15) is 0 Å². The zero-order valence-corrected chi connectivity index (χ0v) is 14.8. The molecule has 0 aliphatic carbocycles. The lowest BCUT2D eigenvalue weighted by molar-refractivity contribution is -0.121. The maximum absolute atomic E-state index is 12.0. The highest BCUT2D eigenvalue weighted by atomic mass is 35.5. The maximum Gasteiger partial charge on any atom is 0.220 e. The fourth-order valence-electron chi connectivity index (χ4n) is 3.10. The van der Waals surface area contributed by atoms with Crippen molar-refractivity contribution in [3.8, 4) is 5.75 Å². The zero-order chi connectivity index (χ0) is 16.1. The van der Waals surface area contributed by atoms with Gasteiger partial charge < -0.3 is 15.4 Å². The van der Waals surface area contributed by atoms with Crippen LogP contribution < -0.4 is 15.4 Å². The summed E-state index contributed by atoms with van der Waals surface area (Å²) in [5.74, 6) is 1.67. The van der Waals surface area contributed by atoms with Gasteiger partial charge >= 0.3 is 0 Å². The normalized spacial score (nSPS) is 16.6. The minimum absolute atomic E-state index is 0. The van der Waals surface area contributed by atoms with E-state index < -0.39 is 0 Å². The molecule has 24 heavy (non-hydrogen) atoms. The fourth-order valence-corrected chi connectivity index (χ4v) is 3.10. The van der Waals surface area contributed by atoms with Gasteiger partial charge in [0.1, 0.15) is 5.75 Å². The lowest BCUT2D eigenvalue weighted by Crippen LogP contribution is -2.23. The first kappa shape index (κ1) is 18.6. The minimum atomic E-state index is 0. The second-order valence-corrected chi connectivity index (χ2v) is 6.22. The van der Waals surface area contributed by atoms with Gasteiger partial charge in [0.2, 0.25) is 5.91 Å². The highest BCUT2D eigenvalue weighted by Gasteiger charge is 2.15.